The Morgan fingerprint density at radius 3 is 2.71 bits per heavy atom. The lowest BCUT2D eigenvalue weighted by Crippen LogP contribution is -2.53. The van der Waals surface area contributed by atoms with E-state index in [0.29, 0.717) is 18.0 Å². The fourth-order valence-electron chi connectivity index (χ4n) is 3.15. The zero-order chi connectivity index (χ0) is 15.6. The second-order valence-corrected chi connectivity index (χ2v) is 7.51. The first-order valence-corrected chi connectivity index (χ1v) is 9.01. The van der Waals surface area contributed by atoms with E-state index in [2.05, 4.69) is 17.4 Å². The summed E-state index contributed by atoms with van der Waals surface area (Å²) in [7, 11) is -3.56. The van der Waals surface area contributed by atoms with Crippen molar-refractivity contribution in [2.75, 3.05) is 13.1 Å². The molecule has 0 radical (unpaired) electrons. The molecule has 0 aliphatic carbocycles. The van der Waals surface area contributed by atoms with Crippen LogP contribution in [0.2, 0.25) is 0 Å². The van der Waals surface area contributed by atoms with Crippen LogP contribution in [0, 0.1) is 13.8 Å². The maximum Gasteiger partial charge on any atom is 0.248 e. The predicted octanol–water partition coefficient (Wildman–Crippen LogP) is 1.83. The molecule has 1 aliphatic rings. The molecule has 0 aromatic carbocycles. The van der Waals surface area contributed by atoms with Crippen molar-refractivity contribution >= 4 is 10.0 Å². The van der Waals surface area contributed by atoms with Gasteiger partial charge in [0, 0.05) is 18.6 Å². The fourth-order valence-corrected chi connectivity index (χ4v) is 5.21. The molecule has 2 atom stereocenters. The number of nitrogens with zero attached hydrogens (tertiary/aromatic N) is 2. The highest BCUT2D eigenvalue weighted by Gasteiger charge is 2.38. The SMILES string of the molecule is CCNC(C)C1CCCCN1S(=O)(=O)c1c(C)noc1C. The Labute approximate surface area is 126 Å². The summed E-state index contributed by atoms with van der Waals surface area (Å²) < 4.78 is 32.7. The first-order valence-electron chi connectivity index (χ1n) is 7.57. The van der Waals surface area contributed by atoms with Gasteiger partial charge in [-0.05, 0) is 40.2 Å². The van der Waals surface area contributed by atoms with Crippen LogP contribution in [0.25, 0.3) is 0 Å². The lowest BCUT2D eigenvalue weighted by Gasteiger charge is -2.38. The van der Waals surface area contributed by atoms with Crippen LogP contribution in [0.5, 0.6) is 0 Å². The molecule has 1 fully saturated rings. The van der Waals surface area contributed by atoms with Crippen molar-refractivity contribution in [2.24, 2.45) is 0 Å². The third kappa shape index (κ3) is 3.14. The number of aryl methyl sites for hydroxylation is 2. The zero-order valence-electron chi connectivity index (χ0n) is 13.2. The molecule has 120 valence electrons. The molecule has 2 heterocycles. The molecular weight excluding hydrogens is 290 g/mol. The highest BCUT2D eigenvalue weighted by atomic mass is 32.2. The van der Waals surface area contributed by atoms with Gasteiger partial charge in [0.15, 0.2) is 5.76 Å². The lowest BCUT2D eigenvalue weighted by molar-refractivity contribution is 0.209. The van der Waals surface area contributed by atoms with E-state index in [1.54, 1.807) is 18.2 Å². The minimum Gasteiger partial charge on any atom is -0.360 e. The number of rotatable bonds is 5. The number of aromatic nitrogens is 1. The molecule has 1 aromatic heterocycles. The Morgan fingerprint density at radius 2 is 2.14 bits per heavy atom. The molecule has 1 saturated heterocycles. The minimum atomic E-state index is -3.56. The molecule has 0 amide bonds. The van der Waals surface area contributed by atoms with Crippen LogP contribution >= 0.6 is 0 Å². The average Bonchev–Trinajstić information content (AvgIpc) is 2.79. The van der Waals surface area contributed by atoms with Crippen molar-refractivity contribution in [1.29, 1.82) is 0 Å². The van der Waals surface area contributed by atoms with Crippen LogP contribution in [0.1, 0.15) is 44.6 Å². The van der Waals surface area contributed by atoms with Gasteiger partial charge in [-0.1, -0.05) is 18.5 Å². The highest BCUT2D eigenvalue weighted by Crippen LogP contribution is 2.30. The molecule has 21 heavy (non-hydrogen) atoms. The number of nitrogens with one attached hydrogen (secondary N) is 1. The van der Waals surface area contributed by atoms with Crippen molar-refractivity contribution in [3.8, 4) is 0 Å². The summed E-state index contributed by atoms with van der Waals surface area (Å²) in [6.07, 6.45) is 2.85. The van der Waals surface area contributed by atoms with E-state index in [4.69, 9.17) is 4.52 Å². The number of sulfonamides is 1. The standard InChI is InChI=1S/C14H25N3O3S/c1-5-15-10(2)13-8-6-7-9-17(13)21(18,19)14-11(3)16-20-12(14)4/h10,13,15H,5-9H2,1-4H3. The van der Waals surface area contributed by atoms with Gasteiger partial charge in [0.25, 0.3) is 0 Å². The first kappa shape index (κ1) is 16.5. The van der Waals surface area contributed by atoms with E-state index in [1.807, 2.05) is 6.92 Å². The molecule has 0 spiro atoms. The summed E-state index contributed by atoms with van der Waals surface area (Å²) in [4.78, 5) is 0.234. The zero-order valence-corrected chi connectivity index (χ0v) is 14.0. The Hall–Kier alpha value is -0.920. The van der Waals surface area contributed by atoms with Crippen LogP contribution in [0.4, 0.5) is 0 Å². The van der Waals surface area contributed by atoms with E-state index in [9.17, 15) is 8.42 Å². The molecule has 1 aromatic rings. The number of hydrogen-bond donors (Lipinski definition) is 1. The van der Waals surface area contributed by atoms with Crippen molar-refractivity contribution < 1.29 is 12.9 Å². The average molecular weight is 315 g/mol. The van der Waals surface area contributed by atoms with Crippen molar-refractivity contribution in [3.63, 3.8) is 0 Å². The van der Waals surface area contributed by atoms with Crippen LogP contribution < -0.4 is 5.32 Å². The monoisotopic (exact) mass is 315 g/mol. The van der Waals surface area contributed by atoms with E-state index < -0.39 is 10.0 Å². The molecule has 0 bridgehead atoms. The summed E-state index contributed by atoms with van der Waals surface area (Å²) in [5, 5.41) is 7.13. The molecule has 6 nitrogen and oxygen atoms in total. The summed E-state index contributed by atoms with van der Waals surface area (Å²) >= 11 is 0. The third-order valence-corrected chi connectivity index (χ3v) is 6.31. The van der Waals surface area contributed by atoms with Crippen LogP contribution in [0.15, 0.2) is 9.42 Å². The van der Waals surface area contributed by atoms with Crippen LogP contribution in [-0.4, -0.2) is 43.1 Å². The smallest absolute Gasteiger partial charge is 0.248 e. The van der Waals surface area contributed by atoms with E-state index >= 15 is 0 Å². The fraction of sp³-hybridized carbons (Fsp3) is 0.786. The van der Waals surface area contributed by atoms with Crippen molar-refractivity contribution in [2.45, 2.75) is 63.9 Å². The number of likely N-dealkylation sites (N-methyl/N-ethyl adjacent to an activating group) is 1. The van der Waals surface area contributed by atoms with E-state index in [0.717, 1.165) is 25.8 Å². The molecule has 7 heteroatoms. The molecule has 2 rings (SSSR count). The molecule has 2 unspecified atom stereocenters. The molecular formula is C14H25N3O3S. The van der Waals surface area contributed by atoms with Gasteiger partial charge in [0.1, 0.15) is 10.6 Å². The summed E-state index contributed by atoms with van der Waals surface area (Å²) in [6, 6.07) is 0.114. The maximum atomic E-state index is 13.0. The first-order chi connectivity index (χ1) is 9.89. The van der Waals surface area contributed by atoms with E-state index in [1.165, 1.54) is 0 Å². The van der Waals surface area contributed by atoms with E-state index in [-0.39, 0.29) is 17.0 Å². The van der Waals surface area contributed by atoms with Gasteiger partial charge in [-0.25, -0.2) is 8.42 Å². The lowest BCUT2D eigenvalue weighted by atomic mass is 9.99. The normalized spacial score (nSPS) is 22.4. The summed E-state index contributed by atoms with van der Waals surface area (Å²) in [5.74, 6) is 0.368. The van der Waals surface area contributed by atoms with Crippen LogP contribution in [0.3, 0.4) is 0 Å². The maximum absolute atomic E-state index is 13.0. The van der Waals surface area contributed by atoms with Gasteiger partial charge in [-0.3, -0.25) is 0 Å². The van der Waals surface area contributed by atoms with Gasteiger partial charge in [-0.2, -0.15) is 4.31 Å². The quantitative estimate of drug-likeness (QED) is 0.897. The van der Waals surface area contributed by atoms with Gasteiger partial charge in [-0.15, -0.1) is 0 Å². The summed E-state index contributed by atoms with van der Waals surface area (Å²) in [6.45, 7) is 8.81. The molecule has 1 aliphatic heterocycles. The van der Waals surface area contributed by atoms with Gasteiger partial charge in [0.05, 0.1) is 0 Å². The minimum absolute atomic E-state index is 0.0163. The Balaban J connectivity index is 2.36. The van der Waals surface area contributed by atoms with Crippen molar-refractivity contribution in [1.82, 2.24) is 14.8 Å². The highest BCUT2D eigenvalue weighted by molar-refractivity contribution is 7.89. The van der Waals surface area contributed by atoms with Gasteiger partial charge >= 0.3 is 0 Å². The summed E-state index contributed by atoms with van der Waals surface area (Å²) in [5.41, 5.74) is 0.438. The number of hydrogen-bond acceptors (Lipinski definition) is 5. The topological polar surface area (TPSA) is 75.4 Å². The largest absolute Gasteiger partial charge is 0.360 e. The second-order valence-electron chi connectivity index (χ2n) is 5.68. The Morgan fingerprint density at radius 1 is 1.43 bits per heavy atom. The Kier molecular flexibility index (Phi) is 5.06. The third-order valence-electron chi connectivity index (χ3n) is 4.14. The second kappa shape index (κ2) is 6.46. The number of piperidine rings is 1. The van der Waals surface area contributed by atoms with Gasteiger partial charge < -0.3 is 9.84 Å². The van der Waals surface area contributed by atoms with Crippen LogP contribution in [-0.2, 0) is 10.0 Å². The molecule has 0 saturated carbocycles. The van der Waals surface area contributed by atoms with Gasteiger partial charge in [0.2, 0.25) is 10.0 Å². The Bertz CT molecular complexity index is 563. The van der Waals surface area contributed by atoms with Crippen molar-refractivity contribution in [3.05, 3.63) is 11.5 Å². The predicted molar refractivity (Wildman–Crippen MR) is 80.6 cm³/mol. The molecule has 1 N–H and O–H groups in total.